The number of esters is 4. The van der Waals surface area contributed by atoms with Crippen LogP contribution in [0.1, 0.15) is 209 Å². The zero-order valence-corrected chi connectivity index (χ0v) is 83.5. The van der Waals surface area contributed by atoms with Gasteiger partial charge in [-0.1, -0.05) is 31.5 Å². The number of anilines is 2. The summed E-state index contributed by atoms with van der Waals surface area (Å²) in [6.45, 7) is 56.7. The second-order valence-electron chi connectivity index (χ2n) is 35.5. The van der Waals surface area contributed by atoms with Gasteiger partial charge in [-0.25, -0.2) is 49.1 Å². The van der Waals surface area contributed by atoms with Gasteiger partial charge in [0.25, 0.3) is 0 Å². The Bertz CT molecular complexity index is 4740. The van der Waals surface area contributed by atoms with Crippen LogP contribution in [0.2, 0.25) is 5.15 Å². The Labute approximate surface area is 779 Å². The molecule has 6 saturated heterocycles. The van der Waals surface area contributed by atoms with Gasteiger partial charge in [0.1, 0.15) is 70.8 Å². The molecule has 3 amide bonds. The minimum Gasteiger partial charge on any atom is -0.481 e. The SMILES string of the molecule is CC.CC(C)(C)OC(=O)N1CC(C=O)C1.CCOC(=O)/C=C/C1CN(C(=O)OC(C)(C)C)C1.CCOC(=O)CCC1CN(C(=O)OC(C)(C)C)C1.CCOC(=O)CCC1CN(c2ncnc3cc(C)c(C)cc23)C1.CCOC(=O)CCC1CNC1.CCOP(=O)(CC(C)=O)OCC.Cc1cc2ncnc(Cl)c2cc1C.Cc1cc2ncnc(N3CC(CCC(=O)O)C3)c2cc1C. The largest absolute Gasteiger partial charge is 0.481 e. The molecule has 6 aliphatic heterocycles. The van der Waals surface area contributed by atoms with Crippen LogP contribution >= 0.6 is 19.2 Å². The number of carboxylic acids is 1. The number of hydrogen-bond donors (Lipinski definition) is 2. The normalized spacial score (nSPS) is 15.0. The summed E-state index contributed by atoms with van der Waals surface area (Å²) in [5.41, 5.74) is 8.90. The molecule has 6 fully saturated rings. The number of carbonyl (C=O) groups is 10. The van der Waals surface area contributed by atoms with Crippen LogP contribution in [0.15, 0.2) is 67.5 Å². The number of hydrogen-bond acceptors (Lipinski definition) is 29. The van der Waals surface area contributed by atoms with Gasteiger partial charge in [0.05, 0.1) is 62.1 Å². The molecule has 0 saturated carbocycles. The van der Waals surface area contributed by atoms with Crippen LogP contribution in [0.25, 0.3) is 32.7 Å². The lowest BCUT2D eigenvalue weighted by Gasteiger charge is -2.40. The molecule has 12 rings (SSSR count). The Balaban J connectivity index is 0.000000316. The van der Waals surface area contributed by atoms with E-state index in [2.05, 4.69) is 111 Å². The van der Waals surface area contributed by atoms with E-state index in [1.54, 1.807) is 56.2 Å². The molecule has 728 valence electrons. The maximum absolute atomic E-state index is 11.6. The smallest absolute Gasteiger partial charge is 0.410 e. The summed E-state index contributed by atoms with van der Waals surface area (Å²) in [5, 5.41) is 15.5. The number of carboxylic acid groups (broad SMARTS) is 1. The Morgan fingerprint density at radius 2 is 0.779 bits per heavy atom. The summed E-state index contributed by atoms with van der Waals surface area (Å²) in [4.78, 5) is 146. The van der Waals surface area contributed by atoms with E-state index >= 15 is 0 Å². The van der Waals surface area contributed by atoms with Crippen LogP contribution in [0.5, 0.6) is 0 Å². The number of aromatic nitrogens is 6. The predicted molar refractivity (Wildman–Crippen MR) is 508 cm³/mol. The number of Topliss-reactive ketones (excluding diaryl/α,β-unsaturated/α-hetero) is 1. The quantitative estimate of drug-likeness (QED) is 0.0121. The number of aryl methyl sites for hydroxylation is 6. The fraction of sp³-hybridized carbons (Fsp3) is 0.625. The van der Waals surface area contributed by atoms with Crippen molar-refractivity contribution in [3.05, 3.63) is 106 Å². The topological polar surface area (TPSA) is 397 Å². The van der Waals surface area contributed by atoms with Gasteiger partial charge in [-0.3, -0.25) is 28.5 Å². The number of aldehydes is 1. The fourth-order valence-electron chi connectivity index (χ4n) is 13.4. The first-order chi connectivity index (χ1) is 61.7. The summed E-state index contributed by atoms with van der Waals surface area (Å²) >= 11 is 5.93. The van der Waals surface area contributed by atoms with Crippen molar-refractivity contribution in [3.63, 3.8) is 0 Å². The van der Waals surface area contributed by atoms with E-state index in [-0.39, 0.29) is 72.4 Å². The first kappa shape index (κ1) is 113. The third kappa shape index (κ3) is 41.3. The first-order valence-electron chi connectivity index (χ1n) is 45.5. The first-order valence-corrected chi connectivity index (χ1v) is 47.7. The zero-order chi connectivity index (χ0) is 98.1. The van der Waals surface area contributed by atoms with Crippen LogP contribution in [0.3, 0.4) is 0 Å². The van der Waals surface area contributed by atoms with Gasteiger partial charge < -0.3 is 81.9 Å². The van der Waals surface area contributed by atoms with Gasteiger partial charge >= 0.3 is 55.7 Å². The molecule has 0 aliphatic carbocycles. The number of ketones is 1. The van der Waals surface area contributed by atoms with Gasteiger partial charge in [-0.15, -0.1) is 0 Å². The molecular weight excluding hydrogens is 1720 g/mol. The van der Waals surface area contributed by atoms with E-state index in [0.717, 1.165) is 116 Å². The van der Waals surface area contributed by atoms with E-state index in [4.69, 9.17) is 58.9 Å². The standard InChI is InChI=1S/C18H23N3O2.C16H19N3O2.C13H23NO4.C13H21NO4.C10H9ClN2.C9H15NO3.C8H15NO2.C7H15O4P.C2H6/c1-4-23-17(22)6-5-14-9-21(10-14)18-15-7-12(2)13(3)8-16(15)19-11-20-18;1-10-5-13-14(6-11(10)2)17-9-18-16(13)19-7-12(8-19)3-4-15(20)21;2*1-5-17-11(15)7-6-10-8-14(9-10)12(16)18-13(2,3)4;1-6-3-8-9(4-7(6)2)12-5-13-10(8)11;1-9(2,3)13-8(12)10-4-7(5-10)6-11;1-2-11-8(10)4-3-7-5-9-6-7;1-4-10-12(9,11-5-2)6-7(3)8;1-2/h7-8,11,14H,4-6,9-10H2,1-3H3;5-6,9,12H,3-4,7-8H2,1-2H3,(H,20,21);10H,5-9H2,1-4H3;6-7,10H,5,8-9H2,1-4H3;3-5H,1-2H3;6-7H,4-5H2,1-3H3;7,9H,2-6H2,1H3;4-6H2,1-3H3;1-2H3/b;;;7-6+;;;;;. The van der Waals surface area contributed by atoms with Crippen molar-refractivity contribution in [3.8, 4) is 0 Å². The molecule has 6 aliphatic rings. The van der Waals surface area contributed by atoms with E-state index in [1.807, 2.05) is 102 Å². The van der Waals surface area contributed by atoms with Crippen molar-refractivity contribution < 1.29 is 99.8 Å². The molecule has 2 N–H and O–H groups in total. The Morgan fingerprint density at radius 1 is 0.450 bits per heavy atom. The van der Waals surface area contributed by atoms with Gasteiger partial charge in [-0.2, -0.15) is 0 Å². The van der Waals surface area contributed by atoms with Crippen molar-refractivity contribution >= 4 is 124 Å². The highest BCUT2D eigenvalue weighted by Crippen LogP contribution is 2.48. The zero-order valence-electron chi connectivity index (χ0n) is 81.8. The van der Waals surface area contributed by atoms with Crippen molar-refractivity contribution in [2.75, 3.05) is 134 Å². The van der Waals surface area contributed by atoms with E-state index in [9.17, 15) is 52.5 Å². The molecule has 6 aromatic rings. The summed E-state index contributed by atoms with van der Waals surface area (Å²) in [6.07, 6.45) is 12.9. The average Bonchev–Trinajstić information content (AvgIpc) is 0.778. The maximum atomic E-state index is 11.6. The Morgan fingerprint density at radius 3 is 1.11 bits per heavy atom. The van der Waals surface area contributed by atoms with Crippen molar-refractivity contribution in [1.82, 2.24) is 49.9 Å². The number of carbonyl (C=O) groups excluding carboxylic acids is 9. The number of halogens is 1. The van der Waals surface area contributed by atoms with Crippen LogP contribution in [-0.2, 0) is 80.3 Å². The average molecular weight is 1870 g/mol. The molecular formula is C96H146ClN12O21P. The summed E-state index contributed by atoms with van der Waals surface area (Å²) in [5.74, 6) is 2.74. The molecule has 33 nitrogen and oxygen atoms in total. The lowest BCUT2D eigenvalue weighted by molar-refractivity contribution is -0.144. The number of likely N-dealkylation sites (tertiary alicyclic amines) is 3. The van der Waals surface area contributed by atoms with Crippen molar-refractivity contribution in [2.45, 2.75) is 234 Å². The van der Waals surface area contributed by atoms with Gasteiger partial charge in [0.15, 0.2) is 0 Å². The van der Waals surface area contributed by atoms with Crippen LogP contribution in [-0.4, -0.2) is 251 Å². The molecule has 3 aromatic carbocycles. The molecule has 9 heterocycles. The number of benzene rings is 3. The highest BCUT2D eigenvalue weighted by molar-refractivity contribution is 7.54. The maximum Gasteiger partial charge on any atom is 0.410 e. The van der Waals surface area contributed by atoms with Crippen molar-refractivity contribution in [2.24, 2.45) is 35.5 Å². The van der Waals surface area contributed by atoms with Gasteiger partial charge in [0.2, 0.25) is 0 Å². The lowest BCUT2D eigenvalue weighted by atomic mass is 9.94. The molecule has 0 radical (unpaired) electrons. The summed E-state index contributed by atoms with van der Waals surface area (Å²) in [7, 11) is -3.12. The molecule has 131 heavy (non-hydrogen) atoms. The van der Waals surface area contributed by atoms with Crippen LogP contribution < -0.4 is 15.1 Å². The number of rotatable bonds is 27. The lowest BCUT2D eigenvalue weighted by Crippen LogP contribution is -2.52. The highest BCUT2D eigenvalue weighted by Gasteiger charge is 2.37. The number of nitrogens with zero attached hydrogens (tertiary/aromatic N) is 11. The second-order valence-corrected chi connectivity index (χ2v) is 38.0. The minimum atomic E-state index is -3.12. The van der Waals surface area contributed by atoms with E-state index in [0.29, 0.717) is 127 Å². The Kier molecular flexibility index (Phi) is 48.5. The summed E-state index contributed by atoms with van der Waals surface area (Å²) in [6, 6.07) is 12.6. The molecule has 35 heteroatoms. The number of aliphatic carboxylic acids is 1. The number of fused-ring (bicyclic) bond motifs is 3. The Hall–Kier alpha value is -10.1. The van der Waals surface area contributed by atoms with Crippen LogP contribution in [0.4, 0.5) is 26.0 Å². The highest BCUT2D eigenvalue weighted by atomic mass is 35.5. The van der Waals surface area contributed by atoms with E-state index < -0.39 is 30.4 Å². The minimum absolute atomic E-state index is 0.00696. The number of nitrogens with one attached hydrogen (secondary N) is 1. The van der Waals surface area contributed by atoms with Crippen molar-refractivity contribution in [1.29, 1.82) is 0 Å². The van der Waals surface area contributed by atoms with Crippen LogP contribution in [0, 0.1) is 77.0 Å². The second kappa shape index (κ2) is 56.1. The molecule has 0 atom stereocenters. The molecule has 0 bridgehead atoms. The van der Waals surface area contributed by atoms with Gasteiger partial charge in [-0.05, 0) is 285 Å². The number of amides is 3. The summed E-state index contributed by atoms with van der Waals surface area (Å²) < 4.78 is 56.3. The molecule has 0 unspecified atom stereocenters. The predicted octanol–water partition coefficient (Wildman–Crippen LogP) is 17.1. The van der Waals surface area contributed by atoms with Gasteiger partial charge in [0, 0.05) is 119 Å². The molecule has 0 spiro atoms. The fourth-order valence-corrected chi connectivity index (χ4v) is 15.2. The monoisotopic (exact) mass is 1870 g/mol. The van der Waals surface area contributed by atoms with E-state index in [1.165, 1.54) is 57.6 Å². The third-order valence-electron chi connectivity index (χ3n) is 20.8. The molecule has 3 aromatic heterocycles. The third-order valence-corrected chi connectivity index (χ3v) is 23.2. The number of ether oxygens (including phenoxy) is 7.